The number of aromatic amines is 1. The Bertz CT molecular complexity index is 2760. The Kier molecular flexibility index (Phi) is 11.3. The van der Waals surface area contributed by atoms with Crippen molar-refractivity contribution in [2.75, 3.05) is 55.4 Å². The summed E-state index contributed by atoms with van der Waals surface area (Å²) in [4.78, 5) is 64.0. The number of β-amino-alcohol motifs (C(OH)–C–C–N with tert-alkyl or cyclic N) is 1. The Morgan fingerprint density at radius 1 is 0.952 bits per heavy atom. The number of alkyl halides is 1. The SMILES string of the molecule is O=C1CCC(N2Cc3cc(CC(O)CN4CCN(c5ccc(-c6cnc7[nH]cc(C(=O)c8c(F)ccc(NS(=O)(=O)N9CCC(F)C9)c8F)c7c6)cc5)CC4)ccc3C2=O)C(=O)N1. The van der Waals surface area contributed by atoms with Gasteiger partial charge in [-0.05, 0) is 72.4 Å². The van der Waals surface area contributed by atoms with Gasteiger partial charge in [0.25, 0.3) is 5.91 Å². The lowest BCUT2D eigenvalue weighted by molar-refractivity contribution is -0.136. The first kappa shape index (κ1) is 42.2. The van der Waals surface area contributed by atoms with Crippen molar-refractivity contribution in [1.29, 1.82) is 0 Å². The van der Waals surface area contributed by atoms with Gasteiger partial charge >= 0.3 is 10.2 Å². The van der Waals surface area contributed by atoms with Crippen molar-refractivity contribution in [2.45, 2.75) is 50.5 Å². The van der Waals surface area contributed by atoms with E-state index in [-0.39, 0.29) is 43.3 Å². The minimum Gasteiger partial charge on any atom is -0.391 e. The van der Waals surface area contributed by atoms with Crippen LogP contribution in [0.15, 0.2) is 73.1 Å². The monoisotopic (exact) mass is 884 g/mol. The minimum absolute atomic E-state index is 0.00612. The Hall–Kier alpha value is -6.15. The van der Waals surface area contributed by atoms with E-state index >= 15 is 8.78 Å². The molecule has 3 saturated heterocycles. The molecule has 9 rings (SSSR count). The highest BCUT2D eigenvalue weighted by Gasteiger charge is 2.39. The number of H-pyrrole nitrogens is 1. The molecule has 19 heteroatoms. The number of anilines is 2. The molecule has 4 aliphatic rings. The number of hydrogen-bond donors (Lipinski definition) is 4. The number of nitrogens with zero attached hydrogens (tertiary/aromatic N) is 5. The Morgan fingerprint density at radius 3 is 2.46 bits per heavy atom. The maximum absolute atomic E-state index is 15.7. The number of imide groups is 1. The molecule has 5 aromatic rings. The number of piperidine rings is 1. The number of carbonyl (C=O) groups is 4. The van der Waals surface area contributed by atoms with Gasteiger partial charge in [0.2, 0.25) is 17.6 Å². The zero-order chi connectivity index (χ0) is 44.2. The fraction of sp³-hybridized carbons (Fsp3) is 0.341. The number of benzene rings is 3. The number of halogens is 3. The predicted molar refractivity (Wildman–Crippen MR) is 226 cm³/mol. The second kappa shape index (κ2) is 16.9. The summed E-state index contributed by atoms with van der Waals surface area (Å²) in [5.41, 5.74) is 3.25. The molecule has 3 aromatic carbocycles. The number of aromatic nitrogens is 2. The number of aliphatic hydroxyl groups excluding tert-OH is 1. The summed E-state index contributed by atoms with van der Waals surface area (Å²) in [7, 11) is -4.37. The van der Waals surface area contributed by atoms with Crippen molar-refractivity contribution in [3.63, 3.8) is 0 Å². The number of rotatable bonds is 12. The highest BCUT2D eigenvalue weighted by Crippen LogP contribution is 2.32. The van der Waals surface area contributed by atoms with Gasteiger partial charge in [0.05, 0.1) is 17.4 Å². The summed E-state index contributed by atoms with van der Waals surface area (Å²) in [6.45, 7) is 3.12. The highest BCUT2D eigenvalue weighted by atomic mass is 32.2. The summed E-state index contributed by atoms with van der Waals surface area (Å²) >= 11 is 0. The molecule has 328 valence electrons. The van der Waals surface area contributed by atoms with Crippen LogP contribution in [0, 0.1) is 11.6 Å². The predicted octanol–water partition coefficient (Wildman–Crippen LogP) is 3.93. The number of ketones is 1. The van der Waals surface area contributed by atoms with Crippen LogP contribution in [0.3, 0.4) is 0 Å². The molecule has 3 fully saturated rings. The van der Waals surface area contributed by atoms with Crippen LogP contribution in [0.2, 0.25) is 0 Å². The van der Waals surface area contributed by atoms with Gasteiger partial charge in [-0.25, -0.2) is 18.2 Å². The summed E-state index contributed by atoms with van der Waals surface area (Å²) in [5, 5.41) is 13.7. The fourth-order valence-electron chi connectivity index (χ4n) is 8.88. The number of piperazine rings is 1. The smallest absolute Gasteiger partial charge is 0.301 e. The topological polar surface area (TPSA) is 188 Å². The van der Waals surface area contributed by atoms with Gasteiger partial charge in [0.15, 0.2) is 5.82 Å². The maximum atomic E-state index is 15.7. The molecule has 15 nitrogen and oxygen atoms in total. The van der Waals surface area contributed by atoms with Crippen LogP contribution in [0.4, 0.5) is 24.5 Å². The van der Waals surface area contributed by atoms with Gasteiger partial charge in [0, 0.05) is 98.9 Å². The average Bonchev–Trinajstić information content (AvgIpc) is 3.99. The lowest BCUT2D eigenvalue weighted by Crippen LogP contribution is -2.52. The van der Waals surface area contributed by atoms with Gasteiger partial charge < -0.3 is 19.9 Å². The van der Waals surface area contributed by atoms with Crippen LogP contribution in [0.5, 0.6) is 0 Å². The molecule has 3 amide bonds. The molecule has 0 saturated carbocycles. The molecular formula is C44H43F3N8O7S. The molecule has 63 heavy (non-hydrogen) atoms. The second-order valence-electron chi connectivity index (χ2n) is 16.4. The van der Waals surface area contributed by atoms with Crippen molar-refractivity contribution >= 4 is 56.1 Å². The Labute approximate surface area is 360 Å². The molecule has 0 radical (unpaired) electrons. The largest absolute Gasteiger partial charge is 0.391 e. The van der Waals surface area contributed by atoms with E-state index in [9.17, 15) is 37.1 Å². The molecule has 0 bridgehead atoms. The summed E-state index contributed by atoms with van der Waals surface area (Å²) in [6.07, 6.45) is 1.78. The van der Waals surface area contributed by atoms with Crippen molar-refractivity contribution in [3.8, 4) is 11.1 Å². The van der Waals surface area contributed by atoms with Crippen LogP contribution in [0.1, 0.15) is 56.7 Å². The Balaban J connectivity index is 0.809. The van der Waals surface area contributed by atoms with Crippen molar-refractivity contribution in [1.82, 2.24) is 29.4 Å². The molecule has 0 spiro atoms. The van der Waals surface area contributed by atoms with E-state index in [1.165, 1.54) is 11.1 Å². The number of carbonyl (C=O) groups excluding carboxylic acids is 4. The summed E-state index contributed by atoms with van der Waals surface area (Å²) < 4.78 is 73.0. The van der Waals surface area contributed by atoms with Gasteiger partial charge in [-0.1, -0.05) is 24.3 Å². The van der Waals surface area contributed by atoms with Crippen LogP contribution in [0.25, 0.3) is 22.2 Å². The lowest BCUT2D eigenvalue weighted by Gasteiger charge is -2.37. The van der Waals surface area contributed by atoms with Crippen molar-refractivity contribution in [3.05, 3.63) is 113 Å². The van der Waals surface area contributed by atoms with Gasteiger partial charge in [-0.2, -0.15) is 12.7 Å². The van der Waals surface area contributed by atoms with E-state index in [1.807, 2.05) is 41.1 Å². The third kappa shape index (κ3) is 8.40. The number of aliphatic hydroxyl groups is 1. The molecule has 3 atom stereocenters. The number of fused-ring (bicyclic) bond motifs is 2. The van der Waals surface area contributed by atoms with Gasteiger partial charge in [-0.3, -0.25) is 34.1 Å². The molecule has 2 aromatic heterocycles. The lowest BCUT2D eigenvalue weighted by atomic mass is 9.99. The first-order valence-electron chi connectivity index (χ1n) is 20.7. The van der Waals surface area contributed by atoms with Crippen LogP contribution >= 0.6 is 0 Å². The average molecular weight is 885 g/mol. The zero-order valence-corrected chi connectivity index (χ0v) is 34.6. The fourth-order valence-corrected chi connectivity index (χ4v) is 10.1. The third-order valence-electron chi connectivity index (χ3n) is 12.2. The van der Waals surface area contributed by atoms with Crippen LogP contribution in [-0.4, -0.2) is 125 Å². The van der Waals surface area contributed by atoms with Gasteiger partial charge in [0.1, 0.15) is 23.7 Å². The molecule has 4 N–H and O–H groups in total. The van der Waals surface area contributed by atoms with Crippen LogP contribution < -0.4 is 14.9 Å². The molecule has 3 unspecified atom stereocenters. The number of amides is 3. The standard InChI is InChI=1S/C44H43F3N8O7S/c45-29-11-12-54(23-29)63(61,62)51-36-8-7-35(46)39(40(36)47)41(58)34-21-49-42-33(34)19-27(20-48-42)26-2-4-30(5-3-26)53-15-13-52(14-16-53)24-31(56)18-25-1-6-32-28(17-25)22-55(44(32)60)37-9-10-38(57)50-43(37)59/h1-8,17,19-21,29,31,37,51,56H,9-16,18,22-24H2,(H,48,49)(H,50,57,59). The summed E-state index contributed by atoms with van der Waals surface area (Å²) in [5.74, 6) is -4.64. The minimum atomic E-state index is -4.37. The normalized spacial score (nSPS) is 20.3. The molecular weight excluding hydrogens is 842 g/mol. The van der Waals surface area contributed by atoms with E-state index in [0.29, 0.717) is 41.5 Å². The second-order valence-corrected chi connectivity index (χ2v) is 18.0. The summed E-state index contributed by atoms with van der Waals surface area (Å²) in [6, 6.07) is 15.9. The van der Waals surface area contributed by atoms with Crippen molar-refractivity contribution < 1.29 is 45.9 Å². The Morgan fingerprint density at radius 2 is 1.73 bits per heavy atom. The van der Waals surface area contributed by atoms with Crippen LogP contribution in [-0.2, 0) is 32.8 Å². The van der Waals surface area contributed by atoms with E-state index < -0.39 is 69.6 Å². The maximum Gasteiger partial charge on any atom is 0.301 e. The van der Waals surface area contributed by atoms with Crippen molar-refractivity contribution in [2.24, 2.45) is 0 Å². The number of hydrogen-bond acceptors (Lipinski definition) is 10. The first-order valence-corrected chi connectivity index (χ1v) is 22.1. The van der Waals surface area contributed by atoms with Gasteiger partial charge in [-0.15, -0.1) is 0 Å². The molecule has 4 aliphatic heterocycles. The third-order valence-corrected chi connectivity index (χ3v) is 13.7. The quantitative estimate of drug-likeness (QED) is 0.106. The van der Waals surface area contributed by atoms with E-state index in [2.05, 4.69) is 25.1 Å². The number of nitrogens with one attached hydrogen (secondary N) is 3. The zero-order valence-electron chi connectivity index (χ0n) is 33.8. The molecule has 6 heterocycles. The van der Waals surface area contributed by atoms with E-state index in [1.54, 1.807) is 18.3 Å². The first-order chi connectivity index (χ1) is 30.2. The molecule has 0 aliphatic carbocycles. The number of pyridine rings is 1. The highest BCUT2D eigenvalue weighted by molar-refractivity contribution is 7.90. The van der Waals surface area contributed by atoms with E-state index in [0.717, 1.165) is 65.0 Å². The van der Waals surface area contributed by atoms with E-state index in [4.69, 9.17) is 0 Å².